The van der Waals surface area contributed by atoms with E-state index in [2.05, 4.69) is 15.6 Å². The second-order valence-corrected chi connectivity index (χ2v) is 4.20. The van der Waals surface area contributed by atoms with Crippen LogP contribution in [0.2, 0.25) is 0 Å². The van der Waals surface area contributed by atoms with Crippen LogP contribution in [0.3, 0.4) is 0 Å². The number of H-pyrrole nitrogens is 1. The molecule has 0 radical (unpaired) electrons. The van der Waals surface area contributed by atoms with Gasteiger partial charge in [-0.15, -0.1) is 0 Å². The number of hydrogen-bond donors (Lipinski definition) is 3. The molecule has 0 aliphatic heterocycles. The maximum absolute atomic E-state index is 12.1. The van der Waals surface area contributed by atoms with Crippen molar-refractivity contribution in [3.63, 3.8) is 0 Å². The van der Waals surface area contributed by atoms with Crippen molar-refractivity contribution in [1.29, 1.82) is 0 Å². The largest absolute Gasteiger partial charge is 0.351 e. The molecule has 0 saturated carbocycles. The van der Waals surface area contributed by atoms with Crippen molar-refractivity contribution < 1.29 is 4.79 Å². The van der Waals surface area contributed by atoms with Crippen LogP contribution >= 0.6 is 0 Å². The Morgan fingerprint density at radius 2 is 2.05 bits per heavy atom. The number of carbonyl (C=O) groups excluding carboxylic acids is 1. The minimum absolute atomic E-state index is 0.222. The number of likely N-dealkylation sites (N-methyl/N-ethyl adjacent to an activating group) is 1. The zero-order valence-electron chi connectivity index (χ0n) is 10.8. The van der Waals surface area contributed by atoms with Crippen molar-refractivity contribution >= 4 is 16.8 Å². The van der Waals surface area contributed by atoms with Gasteiger partial charge in [0.2, 0.25) is 5.56 Å². The molecule has 1 amide bonds. The standard InChI is InChI=1S/C14H17N3O2/c1-2-15-7-8-16-14(19)11-9-13(18)17-12-6-4-3-5-10(11)12/h3-6,9,15H,2,7-8H2,1H3,(H,16,19)(H,17,18). The molecule has 1 heterocycles. The fourth-order valence-electron chi connectivity index (χ4n) is 1.93. The number of carbonyl (C=O) groups is 1. The number of hydrogen-bond acceptors (Lipinski definition) is 3. The lowest BCUT2D eigenvalue weighted by Crippen LogP contribution is -2.32. The number of nitrogens with one attached hydrogen (secondary N) is 3. The topological polar surface area (TPSA) is 74.0 Å². The summed E-state index contributed by atoms with van der Waals surface area (Å²) in [7, 11) is 0. The first-order chi connectivity index (χ1) is 9.22. The summed E-state index contributed by atoms with van der Waals surface area (Å²) in [5, 5.41) is 6.67. The van der Waals surface area contributed by atoms with Crippen molar-refractivity contribution in [3.05, 3.63) is 46.2 Å². The van der Waals surface area contributed by atoms with Crippen LogP contribution in [0, 0.1) is 0 Å². The number of para-hydroxylation sites is 1. The van der Waals surface area contributed by atoms with Crippen molar-refractivity contribution in [2.24, 2.45) is 0 Å². The second-order valence-electron chi connectivity index (χ2n) is 4.20. The summed E-state index contributed by atoms with van der Waals surface area (Å²) in [5.74, 6) is -0.222. The van der Waals surface area contributed by atoms with Gasteiger partial charge in [0.25, 0.3) is 5.91 Å². The Balaban J connectivity index is 2.24. The van der Waals surface area contributed by atoms with Gasteiger partial charge in [0.05, 0.1) is 5.56 Å². The molecule has 2 rings (SSSR count). The van der Waals surface area contributed by atoms with Crippen LogP contribution in [0.15, 0.2) is 35.1 Å². The first-order valence-corrected chi connectivity index (χ1v) is 6.33. The van der Waals surface area contributed by atoms with E-state index in [1.54, 1.807) is 6.07 Å². The molecule has 1 aromatic heterocycles. The van der Waals surface area contributed by atoms with Crippen LogP contribution in [0.4, 0.5) is 0 Å². The Hall–Kier alpha value is -2.14. The van der Waals surface area contributed by atoms with Gasteiger partial charge in [-0.2, -0.15) is 0 Å². The maximum atomic E-state index is 12.1. The molecule has 0 saturated heterocycles. The van der Waals surface area contributed by atoms with Crippen LogP contribution in [-0.4, -0.2) is 30.5 Å². The lowest BCUT2D eigenvalue weighted by Gasteiger charge is -2.08. The number of aromatic nitrogens is 1. The monoisotopic (exact) mass is 259 g/mol. The van der Waals surface area contributed by atoms with E-state index < -0.39 is 0 Å². The molecule has 0 unspecified atom stereocenters. The van der Waals surface area contributed by atoms with Gasteiger partial charge in [-0.05, 0) is 12.6 Å². The van der Waals surface area contributed by atoms with E-state index >= 15 is 0 Å². The molecule has 100 valence electrons. The SMILES string of the molecule is CCNCCNC(=O)c1cc(=O)[nH]c2ccccc12. The number of pyridine rings is 1. The molecular formula is C14H17N3O2. The van der Waals surface area contributed by atoms with E-state index in [0.717, 1.165) is 11.9 Å². The molecule has 0 bridgehead atoms. The number of rotatable bonds is 5. The smallest absolute Gasteiger partial charge is 0.252 e. The Kier molecular flexibility index (Phi) is 4.30. The third kappa shape index (κ3) is 3.20. The molecule has 0 fully saturated rings. The van der Waals surface area contributed by atoms with Crippen LogP contribution in [0.1, 0.15) is 17.3 Å². The summed E-state index contributed by atoms with van der Waals surface area (Å²) in [6, 6.07) is 8.61. The van der Waals surface area contributed by atoms with E-state index in [0.29, 0.717) is 24.2 Å². The molecule has 3 N–H and O–H groups in total. The molecule has 0 aliphatic rings. The van der Waals surface area contributed by atoms with Crippen molar-refractivity contribution in [3.8, 4) is 0 Å². The Bertz CT molecular complexity index is 634. The minimum Gasteiger partial charge on any atom is -0.351 e. The molecule has 19 heavy (non-hydrogen) atoms. The van der Waals surface area contributed by atoms with Gasteiger partial charge in [0.15, 0.2) is 0 Å². The normalized spacial score (nSPS) is 10.6. The quantitative estimate of drug-likeness (QED) is 0.697. The zero-order chi connectivity index (χ0) is 13.7. The molecule has 1 aromatic carbocycles. The van der Waals surface area contributed by atoms with Gasteiger partial charge in [0, 0.05) is 30.1 Å². The molecule has 0 aliphatic carbocycles. The van der Waals surface area contributed by atoms with Gasteiger partial charge >= 0.3 is 0 Å². The highest BCUT2D eigenvalue weighted by atomic mass is 16.2. The molecule has 5 heteroatoms. The lowest BCUT2D eigenvalue weighted by molar-refractivity contribution is 0.0955. The fraction of sp³-hybridized carbons (Fsp3) is 0.286. The average molecular weight is 259 g/mol. The van der Waals surface area contributed by atoms with Crippen molar-refractivity contribution in [2.45, 2.75) is 6.92 Å². The number of benzene rings is 1. The highest BCUT2D eigenvalue weighted by molar-refractivity contribution is 6.05. The second kappa shape index (κ2) is 6.15. The number of aromatic amines is 1. The predicted octanol–water partition coefficient (Wildman–Crippen LogP) is 0.867. The minimum atomic E-state index is -0.268. The van der Waals surface area contributed by atoms with E-state index in [9.17, 15) is 9.59 Å². The highest BCUT2D eigenvalue weighted by Crippen LogP contribution is 2.14. The summed E-state index contributed by atoms with van der Waals surface area (Å²) in [6.07, 6.45) is 0. The van der Waals surface area contributed by atoms with E-state index in [1.165, 1.54) is 6.07 Å². The summed E-state index contributed by atoms with van der Waals surface area (Å²) in [5.41, 5.74) is 0.818. The van der Waals surface area contributed by atoms with E-state index in [1.807, 2.05) is 25.1 Å². The summed E-state index contributed by atoms with van der Waals surface area (Å²) >= 11 is 0. The molecular weight excluding hydrogens is 242 g/mol. The van der Waals surface area contributed by atoms with Crippen LogP contribution in [-0.2, 0) is 0 Å². The molecule has 0 spiro atoms. The fourth-order valence-corrected chi connectivity index (χ4v) is 1.93. The average Bonchev–Trinajstić information content (AvgIpc) is 2.42. The third-order valence-electron chi connectivity index (χ3n) is 2.83. The summed E-state index contributed by atoms with van der Waals surface area (Å²) < 4.78 is 0. The van der Waals surface area contributed by atoms with Crippen LogP contribution in [0.25, 0.3) is 10.9 Å². The molecule has 0 atom stereocenters. The van der Waals surface area contributed by atoms with E-state index in [4.69, 9.17) is 0 Å². The zero-order valence-corrected chi connectivity index (χ0v) is 10.8. The first-order valence-electron chi connectivity index (χ1n) is 6.33. The maximum Gasteiger partial charge on any atom is 0.252 e. The van der Waals surface area contributed by atoms with Gasteiger partial charge < -0.3 is 15.6 Å². The lowest BCUT2D eigenvalue weighted by atomic mass is 10.1. The molecule has 5 nitrogen and oxygen atoms in total. The van der Waals surface area contributed by atoms with Crippen molar-refractivity contribution in [1.82, 2.24) is 15.6 Å². The predicted molar refractivity (Wildman–Crippen MR) is 75.4 cm³/mol. The highest BCUT2D eigenvalue weighted by Gasteiger charge is 2.10. The van der Waals surface area contributed by atoms with Gasteiger partial charge in [-0.3, -0.25) is 9.59 Å². The first kappa shape index (κ1) is 13.3. The van der Waals surface area contributed by atoms with Gasteiger partial charge in [-0.25, -0.2) is 0 Å². The van der Waals surface area contributed by atoms with Gasteiger partial charge in [0.1, 0.15) is 0 Å². The Morgan fingerprint density at radius 1 is 1.26 bits per heavy atom. The van der Waals surface area contributed by atoms with Crippen LogP contribution < -0.4 is 16.2 Å². The summed E-state index contributed by atoms with van der Waals surface area (Å²) in [6.45, 7) is 4.12. The summed E-state index contributed by atoms with van der Waals surface area (Å²) in [4.78, 5) is 26.3. The Morgan fingerprint density at radius 3 is 2.84 bits per heavy atom. The number of amides is 1. The molecule has 2 aromatic rings. The van der Waals surface area contributed by atoms with Gasteiger partial charge in [-0.1, -0.05) is 25.1 Å². The van der Waals surface area contributed by atoms with Crippen LogP contribution in [0.5, 0.6) is 0 Å². The Labute approximate surface area is 111 Å². The van der Waals surface area contributed by atoms with E-state index in [-0.39, 0.29) is 11.5 Å². The number of fused-ring (bicyclic) bond motifs is 1. The third-order valence-corrected chi connectivity index (χ3v) is 2.83. The van der Waals surface area contributed by atoms with Crippen molar-refractivity contribution in [2.75, 3.05) is 19.6 Å².